The Morgan fingerprint density at radius 1 is 1.32 bits per heavy atom. The maximum Gasteiger partial charge on any atom is 0.257 e. The standard InChI is InChI=1S/C15H19FN2O/c16-13-6-2-1-5-12(13)15(19)18-9-3-4-11-10-17-8-7-14(11)18/h1-2,5-6,11,14,17H,3-4,7-10H2. The number of amides is 1. The molecule has 4 heteroatoms. The minimum atomic E-state index is -0.413. The second kappa shape index (κ2) is 5.29. The molecule has 1 aromatic carbocycles. The van der Waals surface area contributed by atoms with Crippen LogP contribution in [0.2, 0.25) is 0 Å². The Morgan fingerprint density at radius 2 is 2.16 bits per heavy atom. The minimum absolute atomic E-state index is 0.144. The van der Waals surface area contributed by atoms with Gasteiger partial charge in [-0.2, -0.15) is 0 Å². The lowest BCUT2D eigenvalue weighted by Crippen LogP contribution is -2.54. The maximum atomic E-state index is 13.8. The summed E-state index contributed by atoms with van der Waals surface area (Å²) >= 11 is 0. The van der Waals surface area contributed by atoms with Crippen LogP contribution in [0.4, 0.5) is 4.39 Å². The zero-order valence-electron chi connectivity index (χ0n) is 10.9. The van der Waals surface area contributed by atoms with E-state index in [1.165, 1.54) is 12.5 Å². The second-order valence-corrected chi connectivity index (χ2v) is 5.44. The van der Waals surface area contributed by atoms with Gasteiger partial charge in [-0.25, -0.2) is 4.39 Å². The SMILES string of the molecule is O=C(c1ccccc1F)N1CCCC2CNCCC21. The van der Waals surface area contributed by atoms with E-state index < -0.39 is 5.82 Å². The molecule has 3 nitrogen and oxygen atoms in total. The number of carbonyl (C=O) groups is 1. The van der Waals surface area contributed by atoms with E-state index >= 15 is 0 Å². The van der Waals surface area contributed by atoms with Crippen molar-refractivity contribution < 1.29 is 9.18 Å². The third-order valence-electron chi connectivity index (χ3n) is 4.31. The number of fused-ring (bicyclic) bond motifs is 1. The number of nitrogens with one attached hydrogen (secondary N) is 1. The van der Waals surface area contributed by atoms with Gasteiger partial charge in [-0.3, -0.25) is 4.79 Å². The van der Waals surface area contributed by atoms with Crippen LogP contribution in [0, 0.1) is 11.7 Å². The summed E-state index contributed by atoms with van der Waals surface area (Å²) in [5.41, 5.74) is 0.210. The van der Waals surface area contributed by atoms with Crippen LogP contribution in [0.25, 0.3) is 0 Å². The highest BCUT2D eigenvalue weighted by Crippen LogP contribution is 2.29. The van der Waals surface area contributed by atoms with Gasteiger partial charge in [0.25, 0.3) is 5.91 Å². The summed E-state index contributed by atoms with van der Waals surface area (Å²) in [5, 5.41) is 3.38. The summed E-state index contributed by atoms with van der Waals surface area (Å²) in [6.07, 6.45) is 3.16. The van der Waals surface area contributed by atoms with Gasteiger partial charge in [0.05, 0.1) is 5.56 Å². The van der Waals surface area contributed by atoms with E-state index in [9.17, 15) is 9.18 Å². The summed E-state index contributed by atoms with van der Waals surface area (Å²) in [5.74, 6) is -0.0310. The van der Waals surface area contributed by atoms with Crippen LogP contribution in [0.1, 0.15) is 29.6 Å². The number of hydrogen-bond acceptors (Lipinski definition) is 2. The van der Waals surface area contributed by atoms with Crippen LogP contribution < -0.4 is 5.32 Å². The van der Waals surface area contributed by atoms with Gasteiger partial charge in [-0.05, 0) is 50.4 Å². The third-order valence-corrected chi connectivity index (χ3v) is 4.31. The van der Waals surface area contributed by atoms with Gasteiger partial charge in [0.2, 0.25) is 0 Å². The van der Waals surface area contributed by atoms with Gasteiger partial charge in [0, 0.05) is 12.6 Å². The predicted molar refractivity (Wildman–Crippen MR) is 71.4 cm³/mol. The van der Waals surface area contributed by atoms with Crippen LogP contribution in [-0.2, 0) is 0 Å². The minimum Gasteiger partial charge on any atom is -0.335 e. The molecule has 2 saturated heterocycles. The molecule has 1 aromatic rings. The fraction of sp³-hybridized carbons (Fsp3) is 0.533. The molecule has 2 heterocycles. The number of likely N-dealkylation sites (tertiary alicyclic amines) is 1. The van der Waals surface area contributed by atoms with Crippen LogP contribution in [0.5, 0.6) is 0 Å². The molecule has 2 atom stereocenters. The summed E-state index contributed by atoms with van der Waals surface area (Å²) in [7, 11) is 0. The van der Waals surface area contributed by atoms with Gasteiger partial charge in [-0.15, -0.1) is 0 Å². The number of carbonyl (C=O) groups excluding carboxylic acids is 1. The Bertz CT molecular complexity index is 475. The quantitative estimate of drug-likeness (QED) is 0.840. The summed E-state index contributed by atoms with van der Waals surface area (Å²) in [6, 6.07) is 6.57. The Balaban J connectivity index is 1.84. The number of rotatable bonds is 1. The fourth-order valence-electron chi connectivity index (χ4n) is 3.35. The van der Waals surface area contributed by atoms with Crippen molar-refractivity contribution in [2.75, 3.05) is 19.6 Å². The number of benzene rings is 1. The molecule has 2 aliphatic heterocycles. The van der Waals surface area contributed by atoms with E-state index in [2.05, 4.69) is 5.32 Å². The average Bonchev–Trinajstić information content (AvgIpc) is 2.46. The fourth-order valence-corrected chi connectivity index (χ4v) is 3.35. The van der Waals surface area contributed by atoms with Crippen molar-refractivity contribution in [3.8, 4) is 0 Å². The molecule has 0 saturated carbocycles. The topological polar surface area (TPSA) is 32.3 Å². The summed E-state index contributed by atoms with van der Waals surface area (Å²) in [6.45, 7) is 2.68. The molecule has 19 heavy (non-hydrogen) atoms. The smallest absolute Gasteiger partial charge is 0.257 e. The number of hydrogen-bond donors (Lipinski definition) is 1. The highest BCUT2D eigenvalue weighted by molar-refractivity contribution is 5.94. The Morgan fingerprint density at radius 3 is 3.00 bits per heavy atom. The zero-order chi connectivity index (χ0) is 13.2. The molecule has 2 aliphatic rings. The first-order valence-corrected chi connectivity index (χ1v) is 7.03. The van der Waals surface area contributed by atoms with E-state index in [-0.39, 0.29) is 17.5 Å². The number of nitrogens with zero attached hydrogens (tertiary/aromatic N) is 1. The van der Waals surface area contributed by atoms with Crippen molar-refractivity contribution in [2.24, 2.45) is 5.92 Å². The van der Waals surface area contributed by atoms with Crippen molar-refractivity contribution in [3.63, 3.8) is 0 Å². The van der Waals surface area contributed by atoms with Crippen molar-refractivity contribution >= 4 is 5.91 Å². The van der Waals surface area contributed by atoms with Gasteiger partial charge >= 0.3 is 0 Å². The van der Waals surface area contributed by atoms with E-state index in [0.717, 1.165) is 32.5 Å². The molecule has 1 amide bonds. The highest BCUT2D eigenvalue weighted by atomic mass is 19.1. The molecule has 0 aromatic heterocycles. The van der Waals surface area contributed by atoms with Crippen molar-refractivity contribution in [2.45, 2.75) is 25.3 Å². The van der Waals surface area contributed by atoms with E-state index in [0.29, 0.717) is 5.92 Å². The van der Waals surface area contributed by atoms with Crippen LogP contribution in [0.15, 0.2) is 24.3 Å². The van der Waals surface area contributed by atoms with Crippen molar-refractivity contribution in [3.05, 3.63) is 35.6 Å². The number of piperidine rings is 2. The van der Waals surface area contributed by atoms with Gasteiger partial charge in [0.15, 0.2) is 0 Å². The van der Waals surface area contributed by atoms with Gasteiger partial charge in [-0.1, -0.05) is 12.1 Å². The molecule has 3 rings (SSSR count). The van der Waals surface area contributed by atoms with Gasteiger partial charge < -0.3 is 10.2 Å². The molecule has 102 valence electrons. The van der Waals surface area contributed by atoms with Crippen LogP contribution >= 0.6 is 0 Å². The molecule has 0 aliphatic carbocycles. The van der Waals surface area contributed by atoms with E-state index in [1.807, 2.05) is 4.90 Å². The lowest BCUT2D eigenvalue weighted by atomic mass is 9.84. The third kappa shape index (κ3) is 2.37. The van der Waals surface area contributed by atoms with Gasteiger partial charge in [0.1, 0.15) is 5.82 Å². The summed E-state index contributed by atoms with van der Waals surface area (Å²) < 4.78 is 13.8. The predicted octanol–water partition coefficient (Wildman–Crippen LogP) is 2.04. The Hall–Kier alpha value is -1.42. The molecule has 2 unspecified atom stereocenters. The molecule has 0 radical (unpaired) electrons. The molecular weight excluding hydrogens is 243 g/mol. The van der Waals surface area contributed by atoms with Crippen LogP contribution in [-0.4, -0.2) is 36.5 Å². The average molecular weight is 262 g/mol. The first kappa shape index (κ1) is 12.6. The first-order valence-electron chi connectivity index (χ1n) is 7.03. The van der Waals surface area contributed by atoms with Crippen molar-refractivity contribution in [1.82, 2.24) is 10.2 Å². The second-order valence-electron chi connectivity index (χ2n) is 5.44. The van der Waals surface area contributed by atoms with E-state index in [4.69, 9.17) is 0 Å². The molecule has 0 spiro atoms. The maximum absolute atomic E-state index is 13.8. The Kier molecular flexibility index (Phi) is 3.51. The van der Waals surface area contributed by atoms with E-state index in [1.54, 1.807) is 18.2 Å². The Labute approximate surface area is 112 Å². The molecular formula is C15H19FN2O. The monoisotopic (exact) mass is 262 g/mol. The van der Waals surface area contributed by atoms with Crippen molar-refractivity contribution in [1.29, 1.82) is 0 Å². The highest BCUT2D eigenvalue weighted by Gasteiger charge is 2.36. The first-order chi connectivity index (χ1) is 9.27. The molecule has 1 N–H and O–H groups in total. The number of halogens is 1. The van der Waals surface area contributed by atoms with Crippen LogP contribution in [0.3, 0.4) is 0 Å². The molecule has 2 fully saturated rings. The largest absolute Gasteiger partial charge is 0.335 e. The normalized spacial score (nSPS) is 26.9. The zero-order valence-corrected chi connectivity index (χ0v) is 10.9. The lowest BCUT2D eigenvalue weighted by Gasteiger charge is -2.44. The summed E-state index contributed by atoms with van der Waals surface area (Å²) in [4.78, 5) is 14.4. The lowest BCUT2D eigenvalue weighted by molar-refractivity contribution is 0.0418. The molecule has 0 bridgehead atoms.